The van der Waals surface area contributed by atoms with Gasteiger partial charge in [0, 0.05) is 5.92 Å². The smallest absolute Gasteiger partial charge is 0.0190 e. The Morgan fingerprint density at radius 3 is 1.97 bits per heavy atom. The maximum absolute atomic E-state index is 2.47. The van der Waals surface area contributed by atoms with Crippen LogP contribution in [0.1, 0.15) is 91.3 Å². The van der Waals surface area contributed by atoms with Gasteiger partial charge in [-0.25, -0.2) is 0 Å². The van der Waals surface area contributed by atoms with Crippen molar-refractivity contribution in [3.63, 3.8) is 0 Å². The van der Waals surface area contributed by atoms with Gasteiger partial charge < -0.3 is 0 Å². The first kappa shape index (κ1) is 21.2. The van der Waals surface area contributed by atoms with E-state index >= 15 is 0 Å². The molecule has 0 heterocycles. The van der Waals surface area contributed by atoms with Crippen molar-refractivity contribution in [3.05, 3.63) is 82.0 Å². The zero-order valence-electron chi connectivity index (χ0n) is 20.4. The van der Waals surface area contributed by atoms with Crippen molar-refractivity contribution in [2.24, 2.45) is 10.8 Å². The van der Waals surface area contributed by atoms with Crippen molar-refractivity contribution >= 4 is 0 Å². The molecule has 30 heavy (non-hydrogen) atoms. The Morgan fingerprint density at radius 1 is 0.733 bits per heavy atom. The van der Waals surface area contributed by atoms with Gasteiger partial charge in [-0.2, -0.15) is 0 Å². The van der Waals surface area contributed by atoms with E-state index in [1.807, 2.05) is 0 Å². The number of fused-ring (bicyclic) bond motifs is 3. The highest BCUT2D eigenvalue weighted by Gasteiger charge is 2.43. The molecule has 2 aliphatic carbocycles. The number of rotatable bonds is 2. The van der Waals surface area contributed by atoms with Crippen LogP contribution in [0.5, 0.6) is 0 Å². The molecule has 0 N–H and O–H groups in total. The second-order valence-corrected chi connectivity index (χ2v) is 12.1. The van der Waals surface area contributed by atoms with Gasteiger partial charge in [0.25, 0.3) is 0 Å². The van der Waals surface area contributed by atoms with Crippen LogP contribution in [0, 0.1) is 10.8 Å². The SMILES string of the molecule is CC1=C(C(C)(C)C2c3ccccc3-c3cc(C(C)(C)C)ccc32)CC(C(C)(C)C)=C1. The molecule has 1 unspecified atom stereocenters. The lowest BCUT2D eigenvalue weighted by molar-refractivity contribution is 0.377. The monoisotopic (exact) mass is 398 g/mol. The summed E-state index contributed by atoms with van der Waals surface area (Å²) < 4.78 is 0. The summed E-state index contributed by atoms with van der Waals surface area (Å²) in [5.41, 5.74) is 12.4. The van der Waals surface area contributed by atoms with E-state index in [-0.39, 0.29) is 16.2 Å². The van der Waals surface area contributed by atoms with Crippen LogP contribution in [0.2, 0.25) is 0 Å². The lowest BCUT2D eigenvalue weighted by Crippen LogP contribution is -2.25. The van der Waals surface area contributed by atoms with E-state index in [2.05, 4.69) is 111 Å². The summed E-state index contributed by atoms with van der Waals surface area (Å²) in [6, 6.07) is 16.3. The average Bonchev–Trinajstić information content (AvgIpc) is 3.19. The van der Waals surface area contributed by atoms with Crippen LogP contribution in [-0.2, 0) is 5.41 Å². The molecule has 0 spiro atoms. The molecule has 0 bridgehead atoms. The van der Waals surface area contributed by atoms with Crippen molar-refractivity contribution in [3.8, 4) is 11.1 Å². The van der Waals surface area contributed by atoms with E-state index in [0.717, 1.165) is 6.42 Å². The van der Waals surface area contributed by atoms with Gasteiger partial charge in [0.1, 0.15) is 0 Å². The summed E-state index contributed by atoms with van der Waals surface area (Å²) >= 11 is 0. The van der Waals surface area contributed by atoms with Crippen molar-refractivity contribution in [1.82, 2.24) is 0 Å². The first-order valence-corrected chi connectivity index (χ1v) is 11.5. The Morgan fingerprint density at radius 2 is 1.37 bits per heavy atom. The van der Waals surface area contributed by atoms with Gasteiger partial charge in [0.05, 0.1) is 0 Å². The Balaban J connectivity index is 1.84. The minimum Gasteiger partial charge on any atom is -0.0619 e. The Kier molecular flexibility index (Phi) is 4.73. The van der Waals surface area contributed by atoms with Gasteiger partial charge in [-0.05, 0) is 57.4 Å². The molecule has 0 aromatic heterocycles. The van der Waals surface area contributed by atoms with Gasteiger partial charge in [-0.1, -0.05) is 121 Å². The van der Waals surface area contributed by atoms with Gasteiger partial charge >= 0.3 is 0 Å². The Hall–Kier alpha value is -2.08. The standard InChI is InChI=1S/C30H38/c1-19-16-21(29(5,6)7)18-26(19)30(8,9)27-23-13-11-10-12-22(23)25-17-20(28(2,3)4)14-15-24(25)27/h10-17,27H,18H2,1-9H3. The summed E-state index contributed by atoms with van der Waals surface area (Å²) in [4.78, 5) is 0. The van der Waals surface area contributed by atoms with Crippen molar-refractivity contribution in [2.75, 3.05) is 0 Å². The molecular weight excluding hydrogens is 360 g/mol. The molecule has 0 nitrogen and oxygen atoms in total. The van der Waals surface area contributed by atoms with Gasteiger partial charge in [0.2, 0.25) is 0 Å². The zero-order chi connectivity index (χ0) is 22.1. The molecule has 158 valence electrons. The number of hydrogen-bond acceptors (Lipinski definition) is 0. The highest BCUT2D eigenvalue weighted by Crippen LogP contribution is 2.58. The fraction of sp³-hybridized carbons (Fsp3) is 0.467. The Bertz CT molecular complexity index is 1060. The minimum absolute atomic E-state index is 0.0676. The summed E-state index contributed by atoms with van der Waals surface area (Å²) in [6.07, 6.45) is 3.57. The van der Waals surface area contributed by atoms with E-state index in [1.54, 1.807) is 11.1 Å². The maximum atomic E-state index is 2.47. The van der Waals surface area contributed by atoms with E-state index in [4.69, 9.17) is 0 Å². The van der Waals surface area contributed by atoms with Crippen LogP contribution in [0.15, 0.2) is 65.3 Å². The average molecular weight is 399 g/mol. The van der Waals surface area contributed by atoms with Crippen LogP contribution in [-0.4, -0.2) is 0 Å². The topological polar surface area (TPSA) is 0 Å². The van der Waals surface area contributed by atoms with Gasteiger partial charge in [-0.3, -0.25) is 0 Å². The van der Waals surface area contributed by atoms with E-state index in [1.165, 1.54) is 33.4 Å². The van der Waals surface area contributed by atoms with Crippen molar-refractivity contribution in [1.29, 1.82) is 0 Å². The van der Waals surface area contributed by atoms with Crippen LogP contribution >= 0.6 is 0 Å². The third kappa shape index (κ3) is 3.29. The summed E-state index contributed by atoms with van der Waals surface area (Å²) in [5, 5.41) is 0. The molecule has 0 saturated carbocycles. The van der Waals surface area contributed by atoms with E-state index in [0.29, 0.717) is 5.92 Å². The molecule has 2 aromatic carbocycles. The molecule has 2 aromatic rings. The van der Waals surface area contributed by atoms with Gasteiger partial charge in [-0.15, -0.1) is 0 Å². The normalized spacial score (nSPS) is 19.1. The Labute approximate surface area is 184 Å². The van der Waals surface area contributed by atoms with E-state index < -0.39 is 0 Å². The largest absolute Gasteiger partial charge is 0.0619 e. The molecule has 4 rings (SSSR count). The fourth-order valence-corrected chi connectivity index (χ4v) is 5.57. The van der Waals surface area contributed by atoms with Crippen molar-refractivity contribution < 1.29 is 0 Å². The number of allylic oxidation sites excluding steroid dienone is 4. The first-order chi connectivity index (χ1) is 13.8. The highest BCUT2D eigenvalue weighted by atomic mass is 14.5. The summed E-state index contributed by atoms with van der Waals surface area (Å²) in [5.74, 6) is 0.399. The third-order valence-electron chi connectivity index (χ3n) is 7.49. The molecule has 1 atom stereocenters. The second-order valence-electron chi connectivity index (χ2n) is 12.1. The molecule has 0 aliphatic heterocycles. The summed E-state index contributed by atoms with van der Waals surface area (Å²) in [6.45, 7) is 21.2. The van der Waals surface area contributed by atoms with Crippen molar-refractivity contribution in [2.45, 2.75) is 80.1 Å². The number of hydrogen-bond donors (Lipinski definition) is 0. The third-order valence-corrected chi connectivity index (χ3v) is 7.49. The summed E-state index contributed by atoms with van der Waals surface area (Å²) in [7, 11) is 0. The fourth-order valence-electron chi connectivity index (χ4n) is 5.57. The lowest BCUT2D eigenvalue weighted by Gasteiger charge is -2.37. The maximum Gasteiger partial charge on any atom is 0.0190 e. The lowest BCUT2D eigenvalue weighted by atomic mass is 9.66. The zero-order valence-corrected chi connectivity index (χ0v) is 20.4. The molecule has 0 heteroatoms. The highest BCUT2D eigenvalue weighted by molar-refractivity contribution is 5.80. The van der Waals surface area contributed by atoms with Crippen LogP contribution in [0.25, 0.3) is 11.1 Å². The molecule has 0 radical (unpaired) electrons. The van der Waals surface area contributed by atoms with Crippen LogP contribution < -0.4 is 0 Å². The molecule has 0 fully saturated rings. The first-order valence-electron chi connectivity index (χ1n) is 11.5. The van der Waals surface area contributed by atoms with Crippen LogP contribution in [0.3, 0.4) is 0 Å². The second kappa shape index (κ2) is 6.71. The van der Waals surface area contributed by atoms with E-state index in [9.17, 15) is 0 Å². The molecular formula is C30H38. The molecule has 0 amide bonds. The molecule has 2 aliphatic rings. The predicted octanol–water partition coefficient (Wildman–Crippen LogP) is 8.82. The van der Waals surface area contributed by atoms with Crippen LogP contribution in [0.4, 0.5) is 0 Å². The number of benzene rings is 2. The predicted molar refractivity (Wildman–Crippen MR) is 131 cm³/mol. The minimum atomic E-state index is 0.0676. The quantitative estimate of drug-likeness (QED) is 0.474. The van der Waals surface area contributed by atoms with Gasteiger partial charge in [0.15, 0.2) is 0 Å². The molecule has 0 saturated heterocycles.